The molecule has 0 spiro atoms. The summed E-state index contributed by atoms with van der Waals surface area (Å²) in [5.74, 6) is -1.85. The van der Waals surface area contributed by atoms with Crippen molar-refractivity contribution in [3.05, 3.63) is 65.6 Å². The maximum Gasteiger partial charge on any atom is 0.248 e. The maximum atomic E-state index is 14.3. The Balaban J connectivity index is 1.41. The lowest BCUT2D eigenvalue weighted by molar-refractivity contribution is -0.138. The van der Waals surface area contributed by atoms with Crippen molar-refractivity contribution in [2.45, 2.75) is 50.6 Å². The van der Waals surface area contributed by atoms with Gasteiger partial charge >= 0.3 is 0 Å². The van der Waals surface area contributed by atoms with Gasteiger partial charge in [0.15, 0.2) is 11.4 Å². The average Bonchev–Trinajstić information content (AvgIpc) is 3.46. The number of pyridine rings is 1. The first-order valence-electron chi connectivity index (χ1n) is 12.8. The van der Waals surface area contributed by atoms with Gasteiger partial charge < -0.3 is 15.7 Å². The van der Waals surface area contributed by atoms with E-state index in [0.29, 0.717) is 40.9 Å². The second-order valence-corrected chi connectivity index (χ2v) is 10.1. The Bertz CT molecular complexity index is 1590. The standard InChI is InChI=1S/C28H26F2N6O3/c1-14(38)24-26(16-9-17-6-7-18(10-16)35(17)23(39)13-37)34-28-19(12-33-36(28)27(24)31)15-5-8-22(32-11-15)25-20(29)3-2-4-21(25)30/h2-5,8,11-12,16-18,37H,6-7,9-10,13,31H2,1H3/t17-,18-/m1/s1. The summed E-state index contributed by atoms with van der Waals surface area (Å²) in [6.45, 7) is 0.916. The zero-order valence-electron chi connectivity index (χ0n) is 21.1. The van der Waals surface area contributed by atoms with Crippen LogP contribution in [0.5, 0.6) is 0 Å². The molecule has 39 heavy (non-hydrogen) atoms. The molecule has 5 heterocycles. The summed E-state index contributed by atoms with van der Waals surface area (Å²) < 4.78 is 29.9. The number of carbonyl (C=O) groups excluding carboxylic acids is 2. The number of halogens is 2. The van der Waals surface area contributed by atoms with Crippen LogP contribution in [-0.2, 0) is 4.79 Å². The number of rotatable bonds is 5. The molecule has 9 nitrogen and oxygen atoms in total. The van der Waals surface area contributed by atoms with Gasteiger partial charge in [-0.1, -0.05) is 12.1 Å². The van der Waals surface area contributed by atoms with Crippen LogP contribution < -0.4 is 5.73 Å². The van der Waals surface area contributed by atoms with E-state index in [2.05, 4.69) is 10.1 Å². The highest BCUT2D eigenvalue weighted by atomic mass is 19.1. The molecule has 4 aromatic rings. The molecule has 2 aliphatic rings. The number of carbonyl (C=O) groups is 2. The zero-order valence-corrected chi connectivity index (χ0v) is 21.1. The Kier molecular flexibility index (Phi) is 6.10. The maximum absolute atomic E-state index is 14.3. The van der Waals surface area contributed by atoms with Crippen LogP contribution in [-0.4, -0.2) is 60.0 Å². The van der Waals surface area contributed by atoms with Crippen molar-refractivity contribution in [3.63, 3.8) is 0 Å². The molecule has 2 fully saturated rings. The molecule has 2 bridgehead atoms. The van der Waals surface area contributed by atoms with Crippen molar-refractivity contribution in [2.24, 2.45) is 0 Å². The molecule has 1 amide bonds. The Morgan fingerprint density at radius 2 is 1.77 bits per heavy atom. The summed E-state index contributed by atoms with van der Waals surface area (Å²) in [7, 11) is 0. The summed E-state index contributed by atoms with van der Waals surface area (Å²) in [6.07, 6.45) is 5.95. The SMILES string of the molecule is CC(=O)c1c(C2C[C@H]3CC[C@H](C2)N3C(=O)CO)nc2c(-c3ccc(-c4c(F)cccc4F)nc3)cnn2c1N. The summed E-state index contributed by atoms with van der Waals surface area (Å²) in [4.78, 5) is 36.0. The van der Waals surface area contributed by atoms with Gasteiger partial charge in [0.25, 0.3) is 0 Å². The lowest BCUT2D eigenvalue weighted by Gasteiger charge is -2.39. The number of hydrogen-bond acceptors (Lipinski definition) is 7. The number of nitrogens with two attached hydrogens (primary N) is 1. The van der Waals surface area contributed by atoms with Crippen molar-refractivity contribution in [2.75, 3.05) is 12.3 Å². The minimum Gasteiger partial charge on any atom is -0.387 e. The fourth-order valence-corrected chi connectivity index (χ4v) is 6.23. The first-order valence-corrected chi connectivity index (χ1v) is 12.8. The minimum atomic E-state index is -0.706. The van der Waals surface area contributed by atoms with Crippen LogP contribution in [0, 0.1) is 11.6 Å². The number of amides is 1. The van der Waals surface area contributed by atoms with Crippen LogP contribution in [0.3, 0.4) is 0 Å². The Hall–Kier alpha value is -4.25. The lowest BCUT2D eigenvalue weighted by atomic mass is 9.85. The van der Waals surface area contributed by atoms with E-state index in [1.807, 2.05) is 0 Å². The van der Waals surface area contributed by atoms with Gasteiger partial charge in [-0.3, -0.25) is 14.6 Å². The van der Waals surface area contributed by atoms with Crippen LogP contribution in [0.4, 0.5) is 14.6 Å². The van der Waals surface area contributed by atoms with Crippen molar-refractivity contribution in [1.29, 1.82) is 0 Å². The van der Waals surface area contributed by atoms with E-state index in [1.54, 1.807) is 17.2 Å². The quantitative estimate of drug-likeness (QED) is 0.375. The first-order chi connectivity index (χ1) is 18.8. The normalized spacial score (nSPS) is 20.5. The molecule has 200 valence electrons. The number of hydrogen-bond donors (Lipinski definition) is 2. The van der Waals surface area contributed by atoms with Crippen molar-refractivity contribution < 1.29 is 23.5 Å². The fourth-order valence-electron chi connectivity index (χ4n) is 6.23. The van der Waals surface area contributed by atoms with Gasteiger partial charge in [0.2, 0.25) is 5.91 Å². The van der Waals surface area contributed by atoms with Gasteiger partial charge in [-0.15, -0.1) is 0 Å². The van der Waals surface area contributed by atoms with Gasteiger partial charge in [0.05, 0.1) is 28.7 Å². The van der Waals surface area contributed by atoms with Gasteiger partial charge in [0.1, 0.15) is 24.1 Å². The number of anilines is 1. The number of aliphatic hydroxyl groups excluding tert-OH is 1. The van der Waals surface area contributed by atoms with E-state index < -0.39 is 18.2 Å². The van der Waals surface area contributed by atoms with Crippen LogP contribution >= 0.6 is 0 Å². The number of aromatic nitrogens is 4. The molecular weight excluding hydrogens is 506 g/mol. The van der Waals surface area contributed by atoms with Crippen LogP contribution in [0.2, 0.25) is 0 Å². The molecule has 0 unspecified atom stereocenters. The zero-order chi connectivity index (χ0) is 27.4. The Labute approximate surface area is 222 Å². The average molecular weight is 533 g/mol. The third kappa shape index (κ3) is 4.04. The van der Waals surface area contributed by atoms with Gasteiger partial charge in [-0.2, -0.15) is 9.61 Å². The summed E-state index contributed by atoms with van der Waals surface area (Å²) in [5, 5.41) is 13.8. The molecule has 0 saturated carbocycles. The van der Waals surface area contributed by atoms with Crippen LogP contribution in [0.1, 0.15) is 54.6 Å². The van der Waals surface area contributed by atoms with Crippen molar-refractivity contribution in [3.8, 4) is 22.4 Å². The molecule has 2 atom stereocenters. The predicted octanol–water partition coefficient (Wildman–Crippen LogP) is 3.75. The summed E-state index contributed by atoms with van der Waals surface area (Å²) in [5.41, 5.74) is 8.94. The largest absolute Gasteiger partial charge is 0.387 e. The molecule has 6 rings (SSSR count). The summed E-state index contributed by atoms with van der Waals surface area (Å²) in [6, 6.07) is 6.79. The van der Waals surface area contributed by atoms with E-state index in [1.165, 1.54) is 41.9 Å². The van der Waals surface area contributed by atoms with Crippen LogP contribution in [0.15, 0.2) is 42.7 Å². The molecule has 3 N–H and O–H groups in total. The highest BCUT2D eigenvalue weighted by Crippen LogP contribution is 2.44. The monoisotopic (exact) mass is 532 g/mol. The Morgan fingerprint density at radius 1 is 1.08 bits per heavy atom. The van der Waals surface area contributed by atoms with Gasteiger partial charge in [0, 0.05) is 35.3 Å². The molecule has 2 aliphatic heterocycles. The molecular formula is C28H26F2N6O3. The number of nitrogens with zero attached hydrogens (tertiary/aromatic N) is 5. The third-order valence-electron chi connectivity index (χ3n) is 7.90. The molecule has 2 saturated heterocycles. The first kappa shape index (κ1) is 25.1. The summed E-state index contributed by atoms with van der Waals surface area (Å²) >= 11 is 0. The number of fused-ring (bicyclic) bond motifs is 3. The number of nitrogen functional groups attached to an aromatic ring is 1. The van der Waals surface area contributed by atoms with E-state index in [9.17, 15) is 23.5 Å². The Morgan fingerprint density at radius 3 is 2.36 bits per heavy atom. The molecule has 3 aromatic heterocycles. The second-order valence-electron chi connectivity index (χ2n) is 10.1. The minimum absolute atomic E-state index is 0.0348. The van der Waals surface area contributed by atoms with Gasteiger partial charge in [-0.25, -0.2) is 13.8 Å². The molecule has 0 radical (unpaired) electrons. The van der Waals surface area contributed by atoms with Crippen molar-refractivity contribution >= 4 is 23.2 Å². The molecule has 0 aliphatic carbocycles. The van der Waals surface area contributed by atoms with Crippen molar-refractivity contribution in [1.82, 2.24) is 24.5 Å². The second kappa shape index (κ2) is 9.49. The van der Waals surface area contributed by atoms with Crippen LogP contribution in [0.25, 0.3) is 28.0 Å². The topological polar surface area (TPSA) is 127 Å². The lowest BCUT2D eigenvalue weighted by Crippen LogP contribution is -2.47. The smallest absolute Gasteiger partial charge is 0.248 e. The third-order valence-corrected chi connectivity index (χ3v) is 7.90. The predicted molar refractivity (Wildman–Crippen MR) is 139 cm³/mol. The number of piperidine rings is 1. The number of ketones is 1. The number of benzene rings is 1. The highest BCUT2D eigenvalue weighted by Gasteiger charge is 2.44. The van der Waals surface area contributed by atoms with E-state index >= 15 is 0 Å². The molecule has 11 heteroatoms. The number of aliphatic hydroxyl groups is 1. The number of Topliss-reactive ketones (excluding diaryl/α,β-unsaturated/α-hetero) is 1. The van der Waals surface area contributed by atoms with Gasteiger partial charge in [-0.05, 0) is 50.8 Å². The fraction of sp³-hybridized carbons (Fsp3) is 0.321. The highest BCUT2D eigenvalue weighted by molar-refractivity contribution is 6.00. The molecule has 1 aromatic carbocycles. The van der Waals surface area contributed by atoms with E-state index in [0.717, 1.165) is 12.8 Å². The van der Waals surface area contributed by atoms with E-state index in [4.69, 9.17) is 10.7 Å². The van der Waals surface area contributed by atoms with E-state index in [-0.39, 0.29) is 46.8 Å².